The lowest BCUT2D eigenvalue weighted by Crippen LogP contribution is -2.36. The number of thiazole rings is 1. The molecule has 0 aliphatic carbocycles. The second-order valence-electron chi connectivity index (χ2n) is 7.67. The molecule has 1 aliphatic heterocycles. The van der Waals surface area contributed by atoms with Crippen molar-refractivity contribution in [1.29, 1.82) is 0 Å². The quantitative estimate of drug-likeness (QED) is 0.691. The molecule has 152 valence electrons. The van der Waals surface area contributed by atoms with Gasteiger partial charge in [-0.1, -0.05) is 29.5 Å². The van der Waals surface area contributed by atoms with Crippen molar-refractivity contribution in [3.8, 4) is 0 Å². The molecule has 8 heteroatoms. The van der Waals surface area contributed by atoms with Gasteiger partial charge in [-0.25, -0.2) is 9.78 Å². The number of fused-ring (bicyclic) bond motifs is 2. The maximum atomic E-state index is 13.0. The van der Waals surface area contributed by atoms with Gasteiger partial charge in [0.1, 0.15) is 0 Å². The summed E-state index contributed by atoms with van der Waals surface area (Å²) in [7, 11) is 2.00. The summed E-state index contributed by atoms with van der Waals surface area (Å²) in [4.78, 5) is 32.3. The molecule has 1 aromatic carbocycles. The van der Waals surface area contributed by atoms with Crippen LogP contribution in [0.3, 0.4) is 0 Å². The molecule has 3 amide bonds. The van der Waals surface area contributed by atoms with Gasteiger partial charge in [0.05, 0.1) is 18.7 Å². The predicted octanol–water partition coefficient (Wildman–Crippen LogP) is 3.29. The SMILES string of the molecule is CC(C)NC(=O)Nc1nc2c(s1)CN(C(=O)Cc1cn(C)c3ccccc13)CC2. The van der Waals surface area contributed by atoms with Crippen LogP contribution in [0.5, 0.6) is 0 Å². The molecule has 2 N–H and O–H groups in total. The Labute approximate surface area is 173 Å². The monoisotopic (exact) mass is 411 g/mol. The molecule has 0 saturated carbocycles. The van der Waals surface area contributed by atoms with Crippen molar-refractivity contribution in [2.24, 2.45) is 7.05 Å². The minimum atomic E-state index is -0.255. The van der Waals surface area contributed by atoms with E-state index in [0.29, 0.717) is 31.1 Å². The number of hydrogen-bond donors (Lipinski definition) is 2. The van der Waals surface area contributed by atoms with Gasteiger partial charge in [-0.3, -0.25) is 10.1 Å². The van der Waals surface area contributed by atoms with Crippen LogP contribution >= 0.6 is 11.3 Å². The lowest BCUT2D eigenvalue weighted by molar-refractivity contribution is -0.131. The number of hydrogen-bond acceptors (Lipinski definition) is 4. The molecule has 0 atom stereocenters. The van der Waals surface area contributed by atoms with E-state index in [1.807, 2.05) is 44.1 Å². The zero-order valence-electron chi connectivity index (χ0n) is 16.9. The third-order valence-electron chi connectivity index (χ3n) is 5.05. The molecule has 0 saturated heterocycles. The normalized spacial score (nSPS) is 13.6. The molecule has 0 radical (unpaired) electrons. The Hall–Kier alpha value is -2.87. The molecule has 0 unspecified atom stereocenters. The lowest BCUT2D eigenvalue weighted by Gasteiger charge is -2.26. The minimum absolute atomic E-state index is 0.0618. The van der Waals surface area contributed by atoms with E-state index in [1.165, 1.54) is 11.3 Å². The van der Waals surface area contributed by atoms with E-state index in [2.05, 4.69) is 32.3 Å². The highest BCUT2D eigenvalue weighted by molar-refractivity contribution is 7.15. The van der Waals surface area contributed by atoms with Crippen molar-refractivity contribution in [1.82, 2.24) is 19.8 Å². The number of amides is 3. The van der Waals surface area contributed by atoms with Gasteiger partial charge in [-0.2, -0.15) is 0 Å². The van der Waals surface area contributed by atoms with E-state index in [4.69, 9.17) is 0 Å². The fourth-order valence-electron chi connectivity index (χ4n) is 3.70. The number of carbonyl (C=O) groups is 2. The summed E-state index contributed by atoms with van der Waals surface area (Å²) < 4.78 is 2.07. The number of aromatic nitrogens is 2. The number of aryl methyl sites for hydroxylation is 1. The number of benzene rings is 1. The smallest absolute Gasteiger partial charge is 0.321 e. The first kappa shape index (κ1) is 19.4. The molecule has 4 rings (SSSR count). The van der Waals surface area contributed by atoms with Crippen LogP contribution in [0.25, 0.3) is 10.9 Å². The van der Waals surface area contributed by atoms with Crippen LogP contribution in [0.1, 0.15) is 30.0 Å². The summed E-state index contributed by atoms with van der Waals surface area (Å²) in [6, 6.07) is 7.96. The Morgan fingerprint density at radius 1 is 1.28 bits per heavy atom. The molecule has 29 heavy (non-hydrogen) atoms. The summed E-state index contributed by atoms with van der Waals surface area (Å²) in [5.41, 5.74) is 3.16. The van der Waals surface area contributed by atoms with Crippen LogP contribution in [-0.2, 0) is 31.2 Å². The average molecular weight is 412 g/mol. The van der Waals surface area contributed by atoms with Gasteiger partial charge >= 0.3 is 6.03 Å². The number of rotatable bonds is 4. The van der Waals surface area contributed by atoms with E-state index in [9.17, 15) is 9.59 Å². The highest BCUT2D eigenvalue weighted by Gasteiger charge is 2.25. The largest absolute Gasteiger partial charge is 0.350 e. The van der Waals surface area contributed by atoms with E-state index in [-0.39, 0.29) is 18.0 Å². The predicted molar refractivity (Wildman–Crippen MR) is 115 cm³/mol. The molecular formula is C21H25N5O2S. The van der Waals surface area contributed by atoms with Gasteiger partial charge in [-0.15, -0.1) is 0 Å². The summed E-state index contributed by atoms with van der Waals surface area (Å²) in [6.07, 6.45) is 3.14. The Kier molecular flexibility index (Phi) is 5.27. The molecular weight excluding hydrogens is 386 g/mol. The van der Waals surface area contributed by atoms with Crippen LogP contribution in [0.4, 0.5) is 9.93 Å². The van der Waals surface area contributed by atoms with Crippen molar-refractivity contribution in [3.05, 3.63) is 46.6 Å². The van der Waals surface area contributed by atoms with Crippen LogP contribution in [-0.4, -0.2) is 39.0 Å². The van der Waals surface area contributed by atoms with E-state index in [1.54, 1.807) is 0 Å². The first-order chi connectivity index (χ1) is 13.9. The second-order valence-corrected chi connectivity index (χ2v) is 8.75. The molecule has 3 heterocycles. The number of nitrogens with zero attached hydrogens (tertiary/aromatic N) is 3. The van der Waals surface area contributed by atoms with Crippen molar-refractivity contribution < 1.29 is 9.59 Å². The summed E-state index contributed by atoms with van der Waals surface area (Å²) >= 11 is 1.44. The number of nitrogens with one attached hydrogen (secondary N) is 2. The fourth-order valence-corrected chi connectivity index (χ4v) is 4.72. The number of urea groups is 1. The van der Waals surface area contributed by atoms with Crippen LogP contribution in [0.2, 0.25) is 0 Å². The summed E-state index contributed by atoms with van der Waals surface area (Å²) in [5.74, 6) is 0.118. The summed E-state index contributed by atoms with van der Waals surface area (Å²) in [6.45, 7) is 5.01. The average Bonchev–Trinajstić information content (AvgIpc) is 3.21. The fraction of sp³-hybridized carbons (Fsp3) is 0.381. The minimum Gasteiger partial charge on any atom is -0.350 e. The zero-order chi connectivity index (χ0) is 20.5. The van der Waals surface area contributed by atoms with E-state index < -0.39 is 0 Å². The number of carbonyl (C=O) groups excluding carboxylic acids is 2. The highest BCUT2D eigenvalue weighted by atomic mass is 32.1. The maximum absolute atomic E-state index is 13.0. The number of para-hydroxylation sites is 1. The Morgan fingerprint density at radius 3 is 2.86 bits per heavy atom. The van der Waals surface area contributed by atoms with Crippen molar-refractivity contribution in [2.75, 3.05) is 11.9 Å². The Bertz CT molecular complexity index is 1070. The molecule has 7 nitrogen and oxygen atoms in total. The van der Waals surface area contributed by atoms with E-state index >= 15 is 0 Å². The highest BCUT2D eigenvalue weighted by Crippen LogP contribution is 2.29. The first-order valence-corrected chi connectivity index (χ1v) is 10.6. The second kappa shape index (κ2) is 7.87. The van der Waals surface area contributed by atoms with Crippen molar-refractivity contribution in [2.45, 2.75) is 39.3 Å². The first-order valence-electron chi connectivity index (χ1n) is 9.77. The van der Waals surface area contributed by atoms with Gasteiger partial charge in [0, 0.05) is 48.0 Å². The van der Waals surface area contributed by atoms with Gasteiger partial charge in [-0.05, 0) is 25.5 Å². The third-order valence-corrected chi connectivity index (χ3v) is 6.04. The molecule has 3 aromatic rings. The maximum Gasteiger partial charge on any atom is 0.321 e. The molecule has 0 bridgehead atoms. The van der Waals surface area contributed by atoms with Crippen molar-refractivity contribution in [3.63, 3.8) is 0 Å². The number of anilines is 1. The lowest BCUT2D eigenvalue weighted by atomic mass is 10.1. The van der Waals surface area contributed by atoms with Gasteiger partial charge in [0.15, 0.2) is 5.13 Å². The Morgan fingerprint density at radius 2 is 2.07 bits per heavy atom. The van der Waals surface area contributed by atoms with Crippen LogP contribution in [0.15, 0.2) is 30.5 Å². The van der Waals surface area contributed by atoms with Gasteiger partial charge in [0.25, 0.3) is 0 Å². The molecule has 0 spiro atoms. The van der Waals surface area contributed by atoms with Crippen molar-refractivity contribution >= 4 is 39.3 Å². The topological polar surface area (TPSA) is 79.3 Å². The van der Waals surface area contributed by atoms with Crippen LogP contribution in [0, 0.1) is 0 Å². The zero-order valence-corrected chi connectivity index (χ0v) is 17.7. The summed E-state index contributed by atoms with van der Waals surface area (Å²) in [5, 5.41) is 7.29. The van der Waals surface area contributed by atoms with Gasteiger partial charge in [0.2, 0.25) is 5.91 Å². The standard InChI is InChI=1S/C21H25N5O2S/c1-13(2)22-20(28)24-21-23-16-8-9-26(12-18(16)29-21)19(27)10-14-11-25(3)17-7-5-4-6-15(14)17/h4-7,11,13H,8-10,12H2,1-3H3,(H2,22,23,24,28). The Balaban J connectivity index is 1.44. The van der Waals surface area contributed by atoms with Crippen LogP contribution < -0.4 is 10.6 Å². The van der Waals surface area contributed by atoms with Gasteiger partial charge < -0.3 is 14.8 Å². The molecule has 0 fully saturated rings. The molecule has 2 aromatic heterocycles. The third kappa shape index (κ3) is 4.12. The van der Waals surface area contributed by atoms with E-state index in [0.717, 1.165) is 27.0 Å². The molecule has 1 aliphatic rings.